The van der Waals surface area contributed by atoms with E-state index in [9.17, 15) is 9.59 Å². The van der Waals surface area contributed by atoms with E-state index in [1.54, 1.807) is 17.9 Å². The zero-order valence-electron chi connectivity index (χ0n) is 17.1. The van der Waals surface area contributed by atoms with Crippen molar-refractivity contribution >= 4 is 23.6 Å². The first-order valence-corrected chi connectivity index (χ1v) is 9.92. The Morgan fingerprint density at radius 2 is 1.76 bits per heavy atom. The van der Waals surface area contributed by atoms with Crippen LogP contribution in [0.2, 0.25) is 0 Å². The third kappa shape index (κ3) is 5.22. The lowest BCUT2D eigenvalue weighted by molar-refractivity contribution is 0.102. The fourth-order valence-corrected chi connectivity index (χ4v) is 3.13. The zero-order valence-corrected chi connectivity index (χ0v) is 17.1. The molecule has 1 aliphatic rings. The molecule has 0 atom stereocenters. The molecular formula is C21H27N5O3. The van der Waals surface area contributed by atoms with Crippen LogP contribution in [0.1, 0.15) is 35.6 Å². The van der Waals surface area contributed by atoms with Gasteiger partial charge in [0.2, 0.25) is 5.95 Å². The largest absolute Gasteiger partial charge is 0.450 e. The molecule has 0 radical (unpaired) electrons. The molecule has 2 heterocycles. The molecule has 1 aromatic heterocycles. The van der Waals surface area contributed by atoms with Gasteiger partial charge in [0.15, 0.2) is 0 Å². The Kier molecular flexibility index (Phi) is 6.64. The van der Waals surface area contributed by atoms with Crippen molar-refractivity contribution in [3.63, 3.8) is 0 Å². The number of amides is 2. The van der Waals surface area contributed by atoms with Crippen LogP contribution in [0, 0.1) is 6.92 Å². The van der Waals surface area contributed by atoms with Gasteiger partial charge < -0.3 is 19.9 Å². The molecule has 1 aliphatic heterocycles. The molecule has 2 amide bonds. The second-order valence-corrected chi connectivity index (χ2v) is 6.87. The molecular weight excluding hydrogens is 370 g/mol. The highest BCUT2D eigenvalue weighted by Crippen LogP contribution is 2.16. The number of carbonyl (C=O) groups excluding carboxylic acids is 2. The number of carbonyl (C=O) groups is 2. The number of benzene rings is 1. The molecule has 1 aromatic carbocycles. The fourth-order valence-electron chi connectivity index (χ4n) is 3.13. The Morgan fingerprint density at radius 3 is 2.38 bits per heavy atom. The van der Waals surface area contributed by atoms with Crippen molar-refractivity contribution in [1.29, 1.82) is 0 Å². The van der Waals surface area contributed by atoms with Crippen molar-refractivity contribution in [2.45, 2.75) is 27.2 Å². The summed E-state index contributed by atoms with van der Waals surface area (Å²) in [6.07, 6.45) is 0.651. The average Bonchev–Trinajstić information content (AvgIpc) is 2.74. The number of rotatable bonds is 5. The topological polar surface area (TPSA) is 87.7 Å². The Hall–Kier alpha value is -3.16. The monoisotopic (exact) mass is 397 g/mol. The number of hydrogen-bond donors (Lipinski definition) is 1. The molecule has 1 fully saturated rings. The summed E-state index contributed by atoms with van der Waals surface area (Å²) in [5.74, 6) is 0.228. The first-order valence-electron chi connectivity index (χ1n) is 9.92. The molecule has 2 aromatic rings. The van der Waals surface area contributed by atoms with E-state index in [1.807, 2.05) is 36.1 Å². The van der Waals surface area contributed by atoms with Crippen LogP contribution in [0.25, 0.3) is 0 Å². The summed E-state index contributed by atoms with van der Waals surface area (Å²) in [7, 11) is 0. The summed E-state index contributed by atoms with van der Waals surface area (Å²) in [4.78, 5) is 37.1. The first-order chi connectivity index (χ1) is 14.0. The number of ether oxygens (including phenoxy) is 1. The minimum absolute atomic E-state index is 0.272. The van der Waals surface area contributed by atoms with Crippen molar-refractivity contribution in [2.24, 2.45) is 0 Å². The van der Waals surface area contributed by atoms with E-state index in [0.717, 1.165) is 12.1 Å². The van der Waals surface area contributed by atoms with Crippen molar-refractivity contribution in [1.82, 2.24) is 14.9 Å². The molecule has 0 saturated carbocycles. The molecule has 0 unspecified atom stereocenters. The fraction of sp³-hybridized carbons (Fsp3) is 0.429. The minimum Gasteiger partial charge on any atom is -0.450 e. The van der Waals surface area contributed by atoms with Crippen LogP contribution in [0.4, 0.5) is 16.4 Å². The molecule has 29 heavy (non-hydrogen) atoms. The van der Waals surface area contributed by atoms with Crippen LogP contribution in [0.5, 0.6) is 0 Å². The van der Waals surface area contributed by atoms with Gasteiger partial charge in [0.25, 0.3) is 5.91 Å². The number of aryl methyl sites for hydroxylation is 2. The van der Waals surface area contributed by atoms with Gasteiger partial charge in [0.1, 0.15) is 5.69 Å². The Bertz CT molecular complexity index is 861. The zero-order chi connectivity index (χ0) is 20.8. The van der Waals surface area contributed by atoms with Crippen LogP contribution in [0.15, 0.2) is 30.3 Å². The van der Waals surface area contributed by atoms with Gasteiger partial charge in [-0.3, -0.25) is 4.79 Å². The van der Waals surface area contributed by atoms with Gasteiger partial charge in [0, 0.05) is 37.6 Å². The van der Waals surface area contributed by atoms with E-state index in [4.69, 9.17) is 4.74 Å². The maximum absolute atomic E-state index is 12.7. The number of nitrogens with one attached hydrogen (secondary N) is 1. The maximum atomic E-state index is 12.7. The molecule has 154 valence electrons. The summed E-state index contributed by atoms with van der Waals surface area (Å²) >= 11 is 0. The number of hydrogen-bond acceptors (Lipinski definition) is 6. The molecule has 1 N–H and O–H groups in total. The normalized spacial score (nSPS) is 13.9. The lowest BCUT2D eigenvalue weighted by Gasteiger charge is -2.34. The van der Waals surface area contributed by atoms with E-state index in [0.29, 0.717) is 50.1 Å². The van der Waals surface area contributed by atoms with Crippen LogP contribution in [-0.4, -0.2) is 59.7 Å². The second kappa shape index (κ2) is 9.36. The summed E-state index contributed by atoms with van der Waals surface area (Å²) < 4.78 is 5.05. The van der Waals surface area contributed by atoms with Crippen molar-refractivity contribution in [3.8, 4) is 0 Å². The van der Waals surface area contributed by atoms with Gasteiger partial charge in [0.05, 0.1) is 6.61 Å². The lowest BCUT2D eigenvalue weighted by Crippen LogP contribution is -2.49. The quantitative estimate of drug-likeness (QED) is 0.835. The Morgan fingerprint density at radius 1 is 1.07 bits per heavy atom. The van der Waals surface area contributed by atoms with Gasteiger partial charge >= 0.3 is 6.09 Å². The van der Waals surface area contributed by atoms with Crippen molar-refractivity contribution in [3.05, 3.63) is 47.3 Å². The van der Waals surface area contributed by atoms with E-state index in [-0.39, 0.29) is 12.0 Å². The number of nitrogens with zero attached hydrogens (tertiary/aromatic N) is 4. The molecule has 0 bridgehead atoms. The molecule has 1 saturated heterocycles. The first kappa shape index (κ1) is 20.6. The Balaban J connectivity index is 1.68. The SMILES string of the molecule is CCOC(=O)N1CCN(c2nc(C)cc(C(=O)Nc3ccc(CC)cc3)n2)CC1. The van der Waals surface area contributed by atoms with Gasteiger partial charge in [-0.15, -0.1) is 0 Å². The van der Waals surface area contributed by atoms with E-state index >= 15 is 0 Å². The highest BCUT2D eigenvalue weighted by molar-refractivity contribution is 6.03. The Labute approximate surface area is 170 Å². The van der Waals surface area contributed by atoms with Gasteiger partial charge in [-0.1, -0.05) is 19.1 Å². The molecule has 8 heteroatoms. The van der Waals surface area contributed by atoms with Crippen LogP contribution in [-0.2, 0) is 11.2 Å². The molecule has 0 spiro atoms. The number of piperazine rings is 1. The number of anilines is 2. The lowest BCUT2D eigenvalue weighted by atomic mass is 10.1. The molecule has 3 rings (SSSR count). The highest BCUT2D eigenvalue weighted by Gasteiger charge is 2.24. The molecule has 8 nitrogen and oxygen atoms in total. The summed E-state index contributed by atoms with van der Waals surface area (Å²) in [5, 5.41) is 2.89. The third-order valence-electron chi connectivity index (χ3n) is 4.78. The second-order valence-electron chi connectivity index (χ2n) is 6.87. The predicted octanol–water partition coefficient (Wildman–Crippen LogP) is 2.88. The van der Waals surface area contributed by atoms with Crippen molar-refractivity contribution in [2.75, 3.05) is 43.0 Å². The molecule has 0 aliphatic carbocycles. The number of aromatic nitrogens is 2. The van der Waals surface area contributed by atoms with E-state index in [2.05, 4.69) is 22.2 Å². The van der Waals surface area contributed by atoms with Crippen LogP contribution < -0.4 is 10.2 Å². The van der Waals surface area contributed by atoms with Crippen molar-refractivity contribution < 1.29 is 14.3 Å². The van der Waals surface area contributed by atoms with E-state index in [1.165, 1.54) is 5.56 Å². The summed E-state index contributed by atoms with van der Waals surface area (Å²) in [6, 6.07) is 9.44. The standard InChI is InChI=1S/C21H27N5O3/c1-4-16-6-8-17(9-7-16)23-19(27)18-14-15(3)22-20(24-18)25-10-12-26(13-11-25)21(28)29-5-2/h6-9,14H,4-5,10-13H2,1-3H3,(H,23,27). The van der Waals surface area contributed by atoms with Gasteiger partial charge in [-0.25, -0.2) is 14.8 Å². The minimum atomic E-state index is -0.300. The van der Waals surface area contributed by atoms with E-state index < -0.39 is 0 Å². The third-order valence-corrected chi connectivity index (χ3v) is 4.78. The maximum Gasteiger partial charge on any atom is 0.409 e. The average molecular weight is 397 g/mol. The van der Waals surface area contributed by atoms with Gasteiger partial charge in [-0.2, -0.15) is 0 Å². The van der Waals surface area contributed by atoms with Gasteiger partial charge in [-0.05, 0) is 44.0 Å². The summed E-state index contributed by atoms with van der Waals surface area (Å²) in [6.45, 7) is 8.31. The van der Waals surface area contributed by atoms with Crippen LogP contribution in [0.3, 0.4) is 0 Å². The van der Waals surface area contributed by atoms with Crippen LogP contribution >= 0.6 is 0 Å². The summed E-state index contributed by atoms with van der Waals surface area (Å²) in [5.41, 5.74) is 2.98. The smallest absolute Gasteiger partial charge is 0.409 e. The highest BCUT2D eigenvalue weighted by atomic mass is 16.6. The predicted molar refractivity (Wildman–Crippen MR) is 111 cm³/mol.